The maximum atomic E-state index is 12.3. The highest BCUT2D eigenvalue weighted by Gasteiger charge is 2.29. The van der Waals surface area contributed by atoms with E-state index in [0.717, 1.165) is 16.4 Å². The van der Waals surface area contributed by atoms with Crippen molar-refractivity contribution in [3.63, 3.8) is 0 Å². The van der Waals surface area contributed by atoms with Crippen LogP contribution in [0.15, 0.2) is 42.5 Å². The van der Waals surface area contributed by atoms with E-state index in [4.69, 9.17) is 11.6 Å². The molecule has 1 aliphatic rings. The molecule has 2 aromatic carbocycles. The molecule has 0 aromatic heterocycles. The van der Waals surface area contributed by atoms with Gasteiger partial charge in [-0.15, -0.1) is 0 Å². The van der Waals surface area contributed by atoms with Crippen LogP contribution in [0.5, 0.6) is 0 Å². The molecule has 4 nitrogen and oxygen atoms in total. The molecule has 0 unspecified atom stereocenters. The van der Waals surface area contributed by atoms with Crippen LogP contribution >= 0.6 is 34.2 Å². The molecule has 0 heterocycles. The van der Waals surface area contributed by atoms with Gasteiger partial charge in [-0.25, -0.2) is 0 Å². The van der Waals surface area contributed by atoms with Crippen LogP contribution in [0.4, 0.5) is 11.4 Å². The van der Waals surface area contributed by atoms with Crippen molar-refractivity contribution in [2.75, 3.05) is 10.6 Å². The summed E-state index contributed by atoms with van der Waals surface area (Å²) >= 11 is 8.05. The molecule has 0 spiro atoms. The van der Waals surface area contributed by atoms with Gasteiger partial charge >= 0.3 is 0 Å². The van der Waals surface area contributed by atoms with Gasteiger partial charge in [0.15, 0.2) is 0 Å². The summed E-state index contributed by atoms with van der Waals surface area (Å²) in [6, 6.07) is 12.2. The van der Waals surface area contributed by atoms with Crippen molar-refractivity contribution in [3.05, 3.63) is 56.6 Å². The van der Waals surface area contributed by atoms with Crippen LogP contribution in [-0.4, -0.2) is 11.8 Å². The Hall–Kier alpha value is -1.60. The van der Waals surface area contributed by atoms with Gasteiger partial charge in [0.25, 0.3) is 5.91 Å². The van der Waals surface area contributed by atoms with Gasteiger partial charge in [0.1, 0.15) is 0 Å². The highest BCUT2D eigenvalue weighted by atomic mass is 127. The molecule has 0 atom stereocenters. The molecule has 1 fully saturated rings. The van der Waals surface area contributed by atoms with E-state index >= 15 is 0 Å². The van der Waals surface area contributed by atoms with Crippen molar-refractivity contribution in [2.24, 2.45) is 5.92 Å². The van der Waals surface area contributed by atoms with E-state index in [0.29, 0.717) is 22.0 Å². The number of hydrogen-bond donors (Lipinski definition) is 2. The monoisotopic (exact) mass is 440 g/mol. The summed E-state index contributed by atoms with van der Waals surface area (Å²) < 4.78 is 0.822. The summed E-state index contributed by atoms with van der Waals surface area (Å²) in [4.78, 5) is 24.1. The predicted octanol–water partition coefficient (Wildman–Crippen LogP) is 4.55. The standard InChI is InChI=1S/C17H14ClIN2O2/c18-14-7-6-11(8-15(14)19)17(23)21-13-3-1-2-12(9-13)20-16(22)10-4-5-10/h1-3,6-10H,4-5H2,(H,20,22)(H,21,23). The zero-order valence-corrected chi connectivity index (χ0v) is 15.0. The highest BCUT2D eigenvalue weighted by molar-refractivity contribution is 14.1. The smallest absolute Gasteiger partial charge is 0.255 e. The van der Waals surface area contributed by atoms with E-state index in [1.165, 1.54) is 0 Å². The number of halogens is 2. The second-order valence-electron chi connectivity index (χ2n) is 5.43. The first-order valence-electron chi connectivity index (χ1n) is 7.20. The third-order valence-electron chi connectivity index (χ3n) is 3.52. The number of nitrogens with one attached hydrogen (secondary N) is 2. The van der Waals surface area contributed by atoms with Crippen molar-refractivity contribution >= 4 is 57.4 Å². The second-order valence-corrected chi connectivity index (χ2v) is 7.00. The van der Waals surface area contributed by atoms with Crippen LogP contribution in [-0.2, 0) is 4.79 Å². The largest absolute Gasteiger partial charge is 0.326 e. The Labute approximate surface area is 152 Å². The first kappa shape index (κ1) is 16.3. The molecule has 1 saturated carbocycles. The fourth-order valence-corrected chi connectivity index (χ4v) is 2.74. The maximum absolute atomic E-state index is 12.3. The summed E-state index contributed by atoms with van der Waals surface area (Å²) in [6.07, 6.45) is 1.91. The van der Waals surface area contributed by atoms with Crippen LogP contribution < -0.4 is 10.6 Å². The van der Waals surface area contributed by atoms with Gasteiger partial charge in [-0.05, 0) is 71.8 Å². The summed E-state index contributed by atoms with van der Waals surface area (Å²) in [5, 5.41) is 6.31. The lowest BCUT2D eigenvalue weighted by Crippen LogP contribution is -2.14. The van der Waals surface area contributed by atoms with Gasteiger partial charge in [0.05, 0.1) is 5.02 Å². The number of hydrogen-bond acceptors (Lipinski definition) is 2. The normalized spacial score (nSPS) is 13.5. The minimum absolute atomic E-state index is 0.0423. The number of carbonyl (C=O) groups is 2. The van der Waals surface area contributed by atoms with Crippen LogP contribution in [0, 0.1) is 9.49 Å². The number of carbonyl (C=O) groups excluding carboxylic acids is 2. The number of benzene rings is 2. The molecule has 2 N–H and O–H groups in total. The van der Waals surface area contributed by atoms with Crippen LogP contribution in [0.2, 0.25) is 5.02 Å². The molecule has 0 radical (unpaired) electrons. The fraction of sp³-hybridized carbons (Fsp3) is 0.176. The third-order valence-corrected chi connectivity index (χ3v) is 5.06. The Bertz CT molecular complexity index is 775. The van der Waals surface area contributed by atoms with Crippen LogP contribution in [0.1, 0.15) is 23.2 Å². The molecule has 0 bridgehead atoms. The highest BCUT2D eigenvalue weighted by Crippen LogP contribution is 2.30. The molecule has 0 aliphatic heterocycles. The second kappa shape index (κ2) is 6.88. The van der Waals surface area contributed by atoms with Gasteiger partial charge in [0.2, 0.25) is 5.91 Å². The minimum atomic E-state index is -0.217. The Kier molecular flexibility index (Phi) is 4.87. The molecule has 23 heavy (non-hydrogen) atoms. The summed E-state index contributed by atoms with van der Waals surface area (Å²) in [7, 11) is 0. The maximum Gasteiger partial charge on any atom is 0.255 e. The van der Waals surface area contributed by atoms with E-state index in [-0.39, 0.29) is 17.7 Å². The number of anilines is 2. The van der Waals surface area contributed by atoms with Gasteiger partial charge in [0, 0.05) is 26.4 Å². The van der Waals surface area contributed by atoms with E-state index in [9.17, 15) is 9.59 Å². The number of amides is 2. The van der Waals surface area contributed by atoms with Crippen LogP contribution in [0.25, 0.3) is 0 Å². The zero-order valence-electron chi connectivity index (χ0n) is 12.1. The summed E-state index contributed by atoms with van der Waals surface area (Å²) in [5.41, 5.74) is 1.85. The number of rotatable bonds is 4. The van der Waals surface area contributed by atoms with Crippen molar-refractivity contribution in [1.82, 2.24) is 0 Å². The summed E-state index contributed by atoms with van der Waals surface area (Å²) in [5.74, 6) is -0.0321. The Morgan fingerprint density at radius 2 is 1.74 bits per heavy atom. The average molecular weight is 441 g/mol. The third kappa shape index (κ3) is 4.23. The van der Waals surface area contributed by atoms with Crippen LogP contribution in [0.3, 0.4) is 0 Å². The molecule has 118 valence electrons. The van der Waals surface area contributed by atoms with Crippen molar-refractivity contribution < 1.29 is 9.59 Å². The van der Waals surface area contributed by atoms with Gasteiger partial charge < -0.3 is 10.6 Å². The van der Waals surface area contributed by atoms with E-state index in [2.05, 4.69) is 33.2 Å². The average Bonchev–Trinajstić information content (AvgIpc) is 3.35. The quantitative estimate of drug-likeness (QED) is 0.686. The lowest BCUT2D eigenvalue weighted by molar-refractivity contribution is -0.117. The summed E-state index contributed by atoms with van der Waals surface area (Å²) in [6.45, 7) is 0. The van der Waals surface area contributed by atoms with Crippen molar-refractivity contribution in [2.45, 2.75) is 12.8 Å². The molecule has 2 aromatic rings. The molecular weight excluding hydrogens is 427 g/mol. The molecule has 3 rings (SSSR count). The SMILES string of the molecule is O=C(Nc1cccc(NC(=O)C2CC2)c1)c1ccc(Cl)c(I)c1. The zero-order chi connectivity index (χ0) is 16.4. The first-order chi connectivity index (χ1) is 11.0. The van der Waals surface area contributed by atoms with Gasteiger partial charge in [-0.3, -0.25) is 9.59 Å². The fourth-order valence-electron chi connectivity index (χ4n) is 2.11. The van der Waals surface area contributed by atoms with Crippen molar-refractivity contribution in [1.29, 1.82) is 0 Å². The lowest BCUT2D eigenvalue weighted by Gasteiger charge is -2.09. The van der Waals surface area contributed by atoms with Gasteiger partial charge in [-0.2, -0.15) is 0 Å². The van der Waals surface area contributed by atoms with E-state index in [1.807, 2.05) is 0 Å². The van der Waals surface area contributed by atoms with Gasteiger partial charge in [-0.1, -0.05) is 17.7 Å². The Morgan fingerprint density at radius 1 is 1.04 bits per heavy atom. The minimum Gasteiger partial charge on any atom is -0.326 e. The van der Waals surface area contributed by atoms with Crippen molar-refractivity contribution in [3.8, 4) is 0 Å². The van der Waals surface area contributed by atoms with E-state index < -0.39 is 0 Å². The molecular formula is C17H14ClIN2O2. The lowest BCUT2D eigenvalue weighted by atomic mass is 10.2. The molecule has 2 amide bonds. The molecule has 1 aliphatic carbocycles. The predicted molar refractivity (Wildman–Crippen MR) is 99.9 cm³/mol. The Balaban J connectivity index is 1.70. The Morgan fingerprint density at radius 3 is 2.39 bits per heavy atom. The first-order valence-corrected chi connectivity index (χ1v) is 8.66. The molecule has 6 heteroatoms. The topological polar surface area (TPSA) is 58.2 Å². The van der Waals surface area contributed by atoms with E-state index in [1.54, 1.807) is 42.5 Å². The molecule has 0 saturated heterocycles.